The molecule has 0 heterocycles. The van der Waals surface area contributed by atoms with Crippen molar-refractivity contribution in [3.8, 4) is 5.75 Å². The summed E-state index contributed by atoms with van der Waals surface area (Å²) in [6.07, 6.45) is -2.79. The van der Waals surface area contributed by atoms with Crippen LogP contribution in [0.4, 0.5) is 18.9 Å². The summed E-state index contributed by atoms with van der Waals surface area (Å²) in [4.78, 5) is 12.1. The van der Waals surface area contributed by atoms with Crippen LogP contribution in [0, 0.1) is 0 Å². The van der Waals surface area contributed by atoms with Crippen LogP contribution in [-0.4, -0.2) is 18.5 Å². The number of thioether (sulfide) groups is 1. The van der Waals surface area contributed by atoms with Crippen molar-refractivity contribution in [1.29, 1.82) is 0 Å². The van der Waals surface area contributed by atoms with Crippen LogP contribution in [-0.2, 0) is 5.75 Å². The Hall–Kier alpha value is -2.15. The van der Waals surface area contributed by atoms with Gasteiger partial charge in [-0.1, -0.05) is 18.2 Å². The van der Waals surface area contributed by atoms with Gasteiger partial charge in [0.2, 0.25) is 0 Å². The van der Waals surface area contributed by atoms with E-state index in [9.17, 15) is 18.0 Å². The summed E-state index contributed by atoms with van der Waals surface area (Å²) in [5.74, 6) is 0.0640. The number of hydrogen-bond donors (Lipinski definition) is 1. The lowest BCUT2D eigenvalue weighted by Gasteiger charge is -2.11. The fraction of sp³-hybridized carbons (Fsp3) is 0.188. The highest BCUT2D eigenvalue weighted by Crippen LogP contribution is 2.25. The third-order valence-corrected chi connectivity index (χ3v) is 3.47. The van der Waals surface area contributed by atoms with Gasteiger partial charge in [-0.3, -0.25) is 4.79 Å². The van der Waals surface area contributed by atoms with Gasteiger partial charge in [-0.05, 0) is 36.1 Å². The van der Waals surface area contributed by atoms with Crippen LogP contribution in [0.5, 0.6) is 5.75 Å². The third kappa shape index (κ3) is 5.52. The van der Waals surface area contributed by atoms with Crippen LogP contribution in [0.3, 0.4) is 0 Å². The maximum Gasteiger partial charge on any atom is 0.573 e. The zero-order chi connectivity index (χ0) is 16.9. The molecule has 0 unspecified atom stereocenters. The molecule has 0 bridgehead atoms. The van der Waals surface area contributed by atoms with E-state index in [4.69, 9.17) is 0 Å². The Balaban J connectivity index is 2.06. The zero-order valence-corrected chi connectivity index (χ0v) is 13.0. The standard InChI is InChI=1S/C16H14F3NO2S/c1-23-10-11-5-7-12(8-6-11)15(21)20-13-3-2-4-14(9-13)22-16(17,18)19/h2-9H,10H2,1H3,(H,20,21). The molecule has 7 heteroatoms. The van der Waals surface area contributed by atoms with Crippen molar-refractivity contribution in [2.45, 2.75) is 12.1 Å². The van der Waals surface area contributed by atoms with Crippen molar-refractivity contribution in [1.82, 2.24) is 0 Å². The van der Waals surface area contributed by atoms with E-state index in [1.54, 1.807) is 23.9 Å². The molecule has 0 aliphatic carbocycles. The topological polar surface area (TPSA) is 38.3 Å². The van der Waals surface area contributed by atoms with Crippen LogP contribution in [0.15, 0.2) is 48.5 Å². The molecule has 0 aromatic heterocycles. The second-order valence-electron chi connectivity index (χ2n) is 4.66. The van der Waals surface area contributed by atoms with Crippen molar-refractivity contribution >= 4 is 23.4 Å². The molecule has 0 spiro atoms. The number of amides is 1. The van der Waals surface area contributed by atoms with Crippen molar-refractivity contribution < 1.29 is 22.7 Å². The number of carbonyl (C=O) groups excluding carboxylic acids is 1. The fourth-order valence-electron chi connectivity index (χ4n) is 1.89. The molecule has 0 atom stereocenters. The molecule has 23 heavy (non-hydrogen) atoms. The lowest BCUT2D eigenvalue weighted by atomic mass is 10.1. The average molecular weight is 341 g/mol. The van der Waals surface area contributed by atoms with E-state index in [2.05, 4.69) is 10.1 Å². The molecule has 2 rings (SSSR count). The normalized spacial score (nSPS) is 11.1. The van der Waals surface area contributed by atoms with Gasteiger partial charge in [-0.15, -0.1) is 13.2 Å². The summed E-state index contributed by atoms with van der Waals surface area (Å²) in [6.45, 7) is 0. The van der Waals surface area contributed by atoms with E-state index in [0.717, 1.165) is 17.4 Å². The number of hydrogen-bond acceptors (Lipinski definition) is 3. The van der Waals surface area contributed by atoms with E-state index >= 15 is 0 Å². The molecular weight excluding hydrogens is 327 g/mol. The van der Waals surface area contributed by atoms with Gasteiger partial charge in [0.15, 0.2) is 0 Å². The van der Waals surface area contributed by atoms with Gasteiger partial charge in [0.1, 0.15) is 5.75 Å². The van der Waals surface area contributed by atoms with Gasteiger partial charge in [-0.2, -0.15) is 11.8 Å². The second kappa shape index (κ2) is 7.41. The lowest BCUT2D eigenvalue weighted by Crippen LogP contribution is -2.17. The molecule has 0 saturated heterocycles. The van der Waals surface area contributed by atoms with Crippen LogP contribution in [0.25, 0.3) is 0 Å². The van der Waals surface area contributed by atoms with E-state index < -0.39 is 12.3 Å². The molecule has 0 aliphatic heterocycles. The highest BCUT2D eigenvalue weighted by Gasteiger charge is 2.31. The summed E-state index contributed by atoms with van der Waals surface area (Å²) in [6, 6.07) is 12.2. The molecule has 1 amide bonds. The third-order valence-electron chi connectivity index (χ3n) is 2.85. The number of ether oxygens (including phenoxy) is 1. The van der Waals surface area contributed by atoms with E-state index in [0.29, 0.717) is 5.56 Å². The van der Waals surface area contributed by atoms with Gasteiger partial charge in [0.05, 0.1) is 0 Å². The van der Waals surface area contributed by atoms with Crippen molar-refractivity contribution in [3.63, 3.8) is 0 Å². The number of benzene rings is 2. The molecular formula is C16H14F3NO2S. The maximum atomic E-state index is 12.2. The smallest absolute Gasteiger partial charge is 0.406 e. The summed E-state index contributed by atoms with van der Waals surface area (Å²) in [5, 5.41) is 2.54. The van der Waals surface area contributed by atoms with E-state index in [1.807, 2.05) is 18.4 Å². The summed E-state index contributed by atoms with van der Waals surface area (Å²) in [5.41, 5.74) is 1.75. The predicted molar refractivity (Wildman–Crippen MR) is 84.7 cm³/mol. The van der Waals surface area contributed by atoms with Crippen LogP contribution in [0.2, 0.25) is 0 Å². The number of nitrogens with one attached hydrogen (secondary N) is 1. The van der Waals surface area contributed by atoms with Gasteiger partial charge in [-0.25, -0.2) is 0 Å². The first-order chi connectivity index (χ1) is 10.9. The Morgan fingerprint density at radius 3 is 2.48 bits per heavy atom. The maximum absolute atomic E-state index is 12.2. The summed E-state index contributed by atoms with van der Waals surface area (Å²) >= 11 is 1.67. The SMILES string of the molecule is CSCc1ccc(C(=O)Nc2cccc(OC(F)(F)F)c2)cc1. The minimum Gasteiger partial charge on any atom is -0.406 e. The first kappa shape index (κ1) is 17.2. The Bertz CT molecular complexity index is 672. The van der Waals surface area contributed by atoms with Crippen molar-refractivity contribution in [2.24, 2.45) is 0 Å². The molecule has 3 nitrogen and oxygen atoms in total. The summed E-state index contributed by atoms with van der Waals surface area (Å²) in [7, 11) is 0. The molecule has 0 radical (unpaired) electrons. The molecule has 2 aromatic rings. The van der Waals surface area contributed by atoms with Crippen LogP contribution in [0.1, 0.15) is 15.9 Å². The fourth-order valence-corrected chi connectivity index (χ4v) is 2.42. The largest absolute Gasteiger partial charge is 0.573 e. The second-order valence-corrected chi connectivity index (χ2v) is 5.53. The van der Waals surface area contributed by atoms with Crippen molar-refractivity contribution in [2.75, 3.05) is 11.6 Å². The summed E-state index contributed by atoms with van der Waals surface area (Å²) < 4.78 is 40.4. The number of carbonyl (C=O) groups is 1. The number of rotatable bonds is 5. The number of alkyl halides is 3. The molecule has 0 aliphatic rings. The Labute approximate surface area is 135 Å². The lowest BCUT2D eigenvalue weighted by molar-refractivity contribution is -0.274. The van der Waals surface area contributed by atoms with Crippen LogP contribution >= 0.6 is 11.8 Å². The highest BCUT2D eigenvalue weighted by atomic mass is 32.2. The van der Waals surface area contributed by atoms with Gasteiger partial charge in [0, 0.05) is 23.1 Å². The average Bonchev–Trinajstić information content (AvgIpc) is 2.47. The first-order valence-electron chi connectivity index (χ1n) is 6.62. The van der Waals surface area contributed by atoms with E-state index in [1.165, 1.54) is 18.2 Å². The molecule has 1 N–H and O–H groups in total. The first-order valence-corrected chi connectivity index (χ1v) is 8.02. The minimum absolute atomic E-state index is 0.227. The van der Waals surface area contributed by atoms with Gasteiger partial charge < -0.3 is 10.1 Å². The van der Waals surface area contributed by atoms with Gasteiger partial charge in [0.25, 0.3) is 5.91 Å². The number of anilines is 1. The quantitative estimate of drug-likeness (QED) is 0.857. The van der Waals surface area contributed by atoms with Crippen molar-refractivity contribution in [3.05, 3.63) is 59.7 Å². The molecule has 122 valence electrons. The molecule has 0 fully saturated rings. The highest BCUT2D eigenvalue weighted by molar-refractivity contribution is 7.97. The van der Waals surface area contributed by atoms with E-state index in [-0.39, 0.29) is 11.4 Å². The predicted octanol–water partition coefficient (Wildman–Crippen LogP) is 4.70. The zero-order valence-electron chi connectivity index (χ0n) is 12.2. The molecule has 0 saturated carbocycles. The Morgan fingerprint density at radius 2 is 1.87 bits per heavy atom. The Morgan fingerprint density at radius 1 is 1.17 bits per heavy atom. The Kier molecular flexibility index (Phi) is 5.54. The molecule has 2 aromatic carbocycles. The van der Waals surface area contributed by atoms with Crippen LogP contribution < -0.4 is 10.1 Å². The number of halogens is 3. The monoisotopic (exact) mass is 341 g/mol. The van der Waals surface area contributed by atoms with Gasteiger partial charge >= 0.3 is 6.36 Å². The minimum atomic E-state index is -4.77.